The number of amides is 2. The Morgan fingerprint density at radius 1 is 0.897 bits per heavy atom. The molecule has 0 aliphatic carbocycles. The predicted molar refractivity (Wildman–Crippen MR) is 118 cm³/mol. The van der Waals surface area contributed by atoms with Crippen molar-refractivity contribution in [1.29, 1.82) is 0 Å². The van der Waals surface area contributed by atoms with E-state index in [-0.39, 0.29) is 11.8 Å². The summed E-state index contributed by atoms with van der Waals surface area (Å²) < 4.78 is 5.10. The second-order valence-corrected chi connectivity index (χ2v) is 7.46. The molecule has 0 saturated carbocycles. The van der Waals surface area contributed by atoms with Gasteiger partial charge in [0.05, 0.1) is 12.9 Å². The number of methoxy groups -OCH3 is 1. The van der Waals surface area contributed by atoms with Gasteiger partial charge in [-0.05, 0) is 73.2 Å². The highest BCUT2D eigenvalue weighted by molar-refractivity contribution is 8.00. The molecule has 0 bridgehead atoms. The highest BCUT2D eigenvalue weighted by Crippen LogP contribution is 2.21. The molecular weight excluding hydrogens is 384 g/mol. The van der Waals surface area contributed by atoms with Crippen molar-refractivity contribution in [1.82, 2.24) is 0 Å². The zero-order valence-electron chi connectivity index (χ0n) is 16.3. The number of thioether (sulfide) groups is 1. The first-order valence-electron chi connectivity index (χ1n) is 9.08. The van der Waals surface area contributed by atoms with Gasteiger partial charge in [-0.1, -0.05) is 12.1 Å². The van der Waals surface area contributed by atoms with Crippen molar-refractivity contribution >= 4 is 35.0 Å². The van der Waals surface area contributed by atoms with Gasteiger partial charge in [-0.2, -0.15) is 0 Å². The number of nitrogens with one attached hydrogen (secondary N) is 2. The van der Waals surface area contributed by atoms with Gasteiger partial charge in [0.15, 0.2) is 0 Å². The van der Waals surface area contributed by atoms with E-state index in [0.29, 0.717) is 22.8 Å². The van der Waals surface area contributed by atoms with Gasteiger partial charge in [0.25, 0.3) is 5.91 Å². The molecule has 29 heavy (non-hydrogen) atoms. The van der Waals surface area contributed by atoms with Gasteiger partial charge in [-0.3, -0.25) is 9.59 Å². The monoisotopic (exact) mass is 406 g/mol. The van der Waals surface area contributed by atoms with E-state index in [1.807, 2.05) is 55.5 Å². The summed E-state index contributed by atoms with van der Waals surface area (Å²) in [5.41, 5.74) is 3.14. The minimum Gasteiger partial charge on any atom is -0.497 e. The number of benzene rings is 3. The Morgan fingerprint density at radius 3 is 2.28 bits per heavy atom. The van der Waals surface area contributed by atoms with Crippen LogP contribution in [0.2, 0.25) is 0 Å². The van der Waals surface area contributed by atoms with Crippen LogP contribution >= 0.6 is 11.8 Å². The van der Waals surface area contributed by atoms with Crippen LogP contribution in [0, 0.1) is 6.92 Å². The summed E-state index contributed by atoms with van der Waals surface area (Å²) in [5.74, 6) is 0.767. The van der Waals surface area contributed by atoms with Gasteiger partial charge in [-0.15, -0.1) is 11.8 Å². The number of ether oxygens (including phenoxy) is 1. The SMILES string of the molecule is COc1ccc(C(=O)Nc2ccc(SCC(=O)Nc3cccc(C)c3)cc2)cc1. The van der Waals surface area contributed by atoms with Gasteiger partial charge in [0, 0.05) is 21.8 Å². The van der Waals surface area contributed by atoms with Crippen LogP contribution in [-0.4, -0.2) is 24.7 Å². The topological polar surface area (TPSA) is 67.4 Å². The van der Waals surface area contributed by atoms with E-state index in [1.165, 1.54) is 11.8 Å². The van der Waals surface area contributed by atoms with Crippen molar-refractivity contribution < 1.29 is 14.3 Å². The highest BCUT2D eigenvalue weighted by atomic mass is 32.2. The molecule has 0 atom stereocenters. The first kappa shape index (κ1) is 20.5. The minimum absolute atomic E-state index is 0.0579. The fourth-order valence-electron chi connectivity index (χ4n) is 2.65. The number of hydrogen-bond donors (Lipinski definition) is 2. The fraction of sp³-hybridized carbons (Fsp3) is 0.130. The average molecular weight is 407 g/mol. The summed E-state index contributed by atoms with van der Waals surface area (Å²) in [5, 5.41) is 5.75. The van der Waals surface area contributed by atoms with Crippen LogP contribution in [0.5, 0.6) is 5.75 Å². The lowest BCUT2D eigenvalue weighted by atomic mass is 10.2. The second kappa shape index (κ2) is 9.80. The molecule has 6 heteroatoms. The summed E-state index contributed by atoms with van der Waals surface area (Å²) in [6, 6.07) is 22.0. The van der Waals surface area contributed by atoms with E-state index >= 15 is 0 Å². The van der Waals surface area contributed by atoms with Crippen LogP contribution in [0.1, 0.15) is 15.9 Å². The van der Waals surface area contributed by atoms with Gasteiger partial charge in [0.2, 0.25) is 5.91 Å². The summed E-state index contributed by atoms with van der Waals surface area (Å²) in [6.45, 7) is 1.99. The molecule has 0 aliphatic rings. The van der Waals surface area contributed by atoms with Crippen LogP contribution in [0.15, 0.2) is 77.7 Å². The van der Waals surface area contributed by atoms with E-state index in [2.05, 4.69) is 10.6 Å². The Balaban J connectivity index is 1.50. The van der Waals surface area contributed by atoms with Crippen LogP contribution < -0.4 is 15.4 Å². The summed E-state index contributed by atoms with van der Waals surface area (Å²) in [6.07, 6.45) is 0. The van der Waals surface area contributed by atoms with Crippen molar-refractivity contribution in [2.24, 2.45) is 0 Å². The Kier molecular flexibility index (Phi) is 6.92. The highest BCUT2D eigenvalue weighted by Gasteiger charge is 2.07. The van der Waals surface area contributed by atoms with Crippen molar-refractivity contribution in [2.75, 3.05) is 23.5 Å². The van der Waals surface area contributed by atoms with Crippen LogP contribution in [0.4, 0.5) is 11.4 Å². The third-order valence-electron chi connectivity index (χ3n) is 4.14. The van der Waals surface area contributed by atoms with E-state index in [1.54, 1.807) is 31.4 Å². The number of anilines is 2. The Bertz CT molecular complexity index is 986. The molecule has 0 fully saturated rings. The van der Waals surface area contributed by atoms with Gasteiger partial charge in [0.1, 0.15) is 5.75 Å². The van der Waals surface area contributed by atoms with Crippen molar-refractivity contribution in [2.45, 2.75) is 11.8 Å². The molecule has 3 aromatic rings. The summed E-state index contributed by atoms with van der Waals surface area (Å²) >= 11 is 1.44. The minimum atomic E-state index is -0.189. The molecule has 0 spiro atoms. The van der Waals surface area contributed by atoms with Crippen LogP contribution in [0.25, 0.3) is 0 Å². The zero-order valence-corrected chi connectivity index (χ0v) is 17.1. The first-order chi connectivity index (χ1) is 14.0. The molecule has 5 nitrogen and oxygen atoms in total. The molecule has 0 radical (unpaired) electrons. The van der Waals surface area contributed by atoms with Gasteiger partial charge < -0.3 is 15.4 Å². The smallest absolute Gasteiger partial charge is 0.255 e. The van der Waals surface area contributed by atoms with Crippen LogP contribution in [-0.2, 0) is 4.79 Å². The largest absolute Gasteiger partial charge is 0.497 e. The maximum absolute atomic E-state index is 12.3. The average Bonchev–Trinajstić information content (AvgIpc) is 2.73. The van der Waals surface area contributed by atoms with E-state index in [9.17, 15) is 9.59 Å². The van der Waals surface area contributed by atoms with E-state index in [4.69, 9.17) is 4.74 Å². The first-order valence-corrected chi connectivity index (χ1v) is 10.1. The van der Waals surface area contributed by atoms with Crippen LogP contribution in [0.3, 0.4) is 0 Å². The van der Waals surface area contributed by atoms with E-state index in [0.717, 1.165) is 16.1 Å². The lowest BCUT2D eigenvalue weighted by Crippen LogP contribution is -2.14. The molecule has 148 valence electrons. The molecule has 0 aliphatic heterocycles. The predicted octanol–water partition coefficient (Wildman–Crippen LogP) is 4.99. The third-order valence-corrected chi connectivity index (χ3v) is 5.15. The number of carbonyl (C=O) groups is 2. The maximum Gasteiger partial charge on any atom is 0.255 e. The Labute approximate surface area is 174 Å². The molecule has 2 N–H and O–H groups in total. The number of hydrogen-bond acceptors (Lipinski definition) is 4. The molecule has 0 unspecified atom stereocenters. The molecule has 2 amide bonds. The van der Waals surface area contributed by atoms with Crippen molar-refractivity contribution in [3.63, 3.8) is 0 Å². The number of aryl methyl sites for hydroxylation is 1. The van der Waals surface area contributed by atoms with Crippen molar-refractivity contribution in [3.05, 3.63) is 83.9 Å². The number of carbonyl (C=O) groups excluding carboxylic acids is 2. The number of rotatable bonds is 7. The molecule has 3 rings (SSSR count). The van der Waals surface area contributed by atoms with Crippen molar-refractivity contribution in [3.8, 4) is 5.75 Å². The Hall–Kier alpha value is -3.25. The molecule has 3 aromatic carbocycles. The quantitative estimate of drug-likeness (QED) is 0.543. The standard InChI is InChI=1S/C23H22N2O3S/c1-16-4-3-5-19(14-16)24-22(26)15-29-21-12-8-18(9-13-21)25-23(27)17-6-10-20(28-2)11-7-17/h3-14H,15H2,1-2H3,(H,24,26)(H,25,27). The molecular formula is C23H22N2O3S. The van der Waals surface area contributed by atoms with E-state index < -0.39 is 0 Å². The normalized spacial score (nSPS) is 10.3. The Morgan fingerprint density at radius 2 is 1.62 bits per heavy atom. The van der Waals surface area contributed by atoms with Gasteiger partial charge in [-0.25, -0.2) is 0 Å². The zero-order chi connectivity index (χ0) is 20.6. The summed E-state index contributed by atoms with van der Waals surface area (Å²) in [7, 11) is 1.58. The lowest BCUT2D eigenvalue weighted by molar-refractivity contribution is -0.113. The fourth-order valence-corrected chi connectivity index (χ4v) is 3.35. The summed E-state index contributed by atoms with van der Waals surface area (Å²) in [4.78, 5) is 25.4. The maximum atomic E-state index is 12.3. The van der Waals surface area contributed by atoms with Gasteiger partial charge >= 0.3 is 0 Å². The second-order valence-electron chi connectivity index (χ2n) is 6.41. The molecule has 0 aromatic heterocycles. The molecule has 0 saturated heterocycles. The lowest BCUT2D eigenvalue weighted by Gasteiger charge is -2.08. The third kappa shape index (κ3) is 6.12. The molecule has 0 heterocycles.